The molecular formula is C42H49Cl2N5O6. The number of aromatic amines is 1. The van der Waals surface area contributed by atoms with Crippen LogP contribution in [0, 0.1) is 0 Å². The van der Waals surface area contributed by atoms with Gasteiger partial charge in [0.1, 0.15) is 11.9 Å². The average molecular weight is 791 g/mol. The van der Waals surface area contributed by atoms with E-state index in [1.807, 2.05) is 72.8 Å². The summed E-state index contributed by atoms with van der Waals surface area (Å²) in [6, 6.07) is 30.0. The number of aliphatic hydroxyl groups is 1. The third kappa shape index (κ3) is 12.0. The van der Waals surface area contributed by atoms with E-state index in [4.69, 9.17) is 10.5 Å². The number of ether oxygens (including phenoxy) is 1. The Morgan fingerprint density at radius 3 is 2.27 bits per heavy atom. The van der Waals surface area contributed by atoms with E-state index in [0.29, 0.717) is 54.5 Å². The molecule has 1 aromatic heterocycles. The van der Waals surface area contributed by atoms with Gasteiger partial charge in [-0.1, -0.05) is 72.8 Å². The minimum atomic E-state index is -0.846. The Labute approximate surface area is 332 Å². The number of halogens is 2. The number of pyridine rings is 1. The van der Waals surface area contributed by atoms with Crippen LogP contribution in [0.3, 0.4) is 0 Å². The van der Waals surface area contributed by atoms with Crippen LogP contribution in [-0.2, 0) is 29.0 Å². The quantitative estimate of drug-likeness (QED) is 0.0627. The fraction of sp³-hybridized carbons (Fsp3) is 0.310. The van der Waals surface area contributed by atoms with Gasteiger partial charge in [-0.2, -0.15) is 0 Å². The lowest BCUT2D eigenvalue weighted by Gasteiger charge is -2.26. The van der Waals surface area contributed by atoms with Crippen LogP contribution in [-0.4, -0.2) is 45.9 Å². The second-order valence-electron chi connectivity index (χ2n) is 13.7. The number of aromatic hydroxyl groups is 1. The lowest BCUT2D eigenvalue weighted by atomic mass is 9.94. The summed E-state index contributed by atoms with van der Waals surface area (Å²) >= 11 is 0. The van der Waals surface area contributed by atoms with Crippen molar-refractivity contribution in [2.45, 2.75) is 76.3 Å². The summed E-state index contributed by atoms with van der Waals surface area (Å²) in [4.78, 5) is 39.9. The molecule has 1 atom stereocenters. The molecule has 1 fully saturated rings. The third-order valence-corrected chi connectivity index (χ3v) is 9.71. The highest BCUT2D eigenvalue weighted by molar-refractivity contribution is 5.92. The number of phenolic OH excluding ortho intramolecular Hbond substituents is 1. The number of carbonyl (C=O) groups is 2. The first-order chi connectivity index (χ1) is 25.7. The zero-order valence-electron chi connectivity index (χ0n) is 30.5. The molecule has 1 saturated carbocycles. The van der Waals surface area contributed by atoms with Gasteiger partial charge in [-0.3, -0.25) is 14.9 Å². The molecule has 8 N–H and O–H groups in total. The molecule has 0 unspecified atom stereocenters. The smallest absolute Gasteiger partial charge is 0.411 e. The summed E-state index contributed by atoms with van der Waals surface area (Å²) in [6.45, 7) is 1.21. The molecule has 5 aromatic rings. The summed E-state index contributed by atoms with van der Waals surface area (Å²) in [5.74, 6) is -0.0851. The highest BCUT2D eigenvalue weighted by atomic mass is 35.5. The van der Waals surface area contributed by atoms with Crippen LogP contribution in [0.25, 0.3) is 22.0 Å². The second kappa shape index (κ2) is 20.7. The first-order valence-electron chi connectivity index (χ1n) is 18.2. The van der Waals surface area contributed by atoms with E-state index >= 15 is 0 Å². The molecule has 13 heteroatoms. The van der Waals surface area contributed by atoms with Crippen LogP contribution in [0.2, 0.25) is 0 Å². The predicted octanol–water partition coefficient (Wildman–Crippen LogP) is 7.03. The molecule has 0 bridgehead atoms. The maximum Gasteiger partial charge on any atom is 0.411 e. The van der Waals surface area contributed by atoms with Crippen LogP contribution >= 0.6 is 24.8 Å². The van der Waals surface area contributed by atoms with Crippen molar-refractivity contribution in [3.8, 4) is 16.9 Å². The van der Waals surface area contributed by atoms with Gasteiger partial charge >= 0.3 is 6.09 Å². The molecular weight excluding hydrogens is 741 g/mol. The van der Waals surface area contributed by atoms with Crippen LogP contribution in [0.4, 0.5) is 10.5 Å². The van der Waals surface area contributed by atoms with Crippen molar-refractivity contribution >= 4 is 53.4 Å². The monoisotopic (exact) mass is 789 g/mol. The van der Waals surface area contributed by atoms with Crippen molar-refractivity contribution in [3.05, 3.63) is 130 Å². The van der Waals surface area contributed by atoms with E-state index in [1.54, 1.807) is 12.1 Å². The fourth-order valence-corrected chi connectivity index (χ4v) is 6.75. The van der Waals surface area contributed by atoms with Gasteiger partial charge in [0, 0.05) is 49.1 Å². The largest absolute Gasteiger partial charge is 0.506 e. The Kier molecular flexibility index (Phi) is 16.1. The highest BCUT2D eigenvalue weighted by Gasteiger charge is 2.22. The molecule has 1 aliphatic carbocycles. The molecule has 11 nitrogen and oxygen atoms in total. The zero-order chi connectivity index (χ0) is 37.2. The molecule has 292 valence electrons. The molecule has 0 spiro atoms. The molecule has 0 radical (unpaired) electrons. The number of rotatable bonds is 14. The maximum absolute atomic E-state index is 12.9. The van der Waals surface area contributed by atoms with E-state index in [1.165, 1.54) is 12.1 Å². The third-order valence-electron chi connectivity index (χ3n) is 9.71. The number of anilines is 1. The summed E-state index contributed by atoms with van der Waals surface area (Å²) in [7, 11) is 0. The van der Waals surface area contributed by atoms with E-state index < -0.39 is 12.2 Å². The van der Waals surface area contributed by atoms with Gasteiger partial charge in [-0.05, 0) is 84.5 Å². The van der Waals surface area contributed by atoms with Gasteiger partial charge in [0.25, 0.3) is 0 Å². The first kappa shape index (κ1) is 42.8. The molecule has 55 heavy (non-hydrogen) atoms. The van der Waals surface area contributed by atoms with E-state index in [0.717, 1.165) is 53.5 Å². The summed E-state index contributed by atoms with van der Waals surface area (Å²) < 4.78 is 5.73. The van der Waals surface area contributed by atoms with Crippen LogP contribution in [0.1, 0.15) is 66.9 Å². The standard InChI is InChI=1S/C42H47N5O6.2ClH/c43-31-14-16-32(17-15-31)53-42(52)46-36-23-27(13-18-33(36)30-6-2-1-3-7-30)5-4-8-39(50)45-25-29-11-9-28(10-12-29)24-44-26-38(49)34-19-21-37(48)41-35(34)20-22-40(51)47-41;;/h1-3,6-7,9-13,18-23,31-32,38,44,48-49H,4-5,8,14-17,24-26,43H2,(H,45,50)(H,46,52)(H,47,51);2*1H/t31?,32?,38-;;/m0../s1. The molecule has 1 heterocycles. The lowest BCUT2D eigenvalue weighted by Crippen LogP contribution is -2.32. The Morgan fingerprint density at radius 2 is 1.55 bits per heavy atom. The van der Waals surface area contributed by atoms with Crippen molar-refractivity contribution in [1.29, 1.82) is 0 Å². The number of nitrogens with two attached hydrogens (primary N) is 1. The number of aliphatic hydroxyl groups excluding tert-OH is 1. The minimum absolute atomic E-state index is 0. The Morgan fingerprint density at radius 1 is 0.855 bits per heavy atom. The topological polar surface area (TPSA) is 179 Å². The normalized spacial score (nSPS) is 15.6. The van der Waals surface area contributed by atoms with Crippen molar-refractivity contribution in [2.24, 2.45) is 5.73 Å². The van der Waals surface area contributed by atoms with Crippen molar-refractivity contribution in [3.63, 3.8) is 0 Å². The second-order valence-corrected chi connectivity index (χ2v) is 13.7. The Bertz CT molecular complexity index is 2070. The number of fused-ring (bicyclic) bond motifs is 1. The zero-order valence-corrected chi connectivity index (χ0v) is 32.1. The van der Waals surface area contributed by atoms with Crippen LogP contribution < -0.4 is 27.2 Å². The maximum atomic E-state index is 12.9. The van der Waals surface area contributed by atoms with E-state index in [2.05, 4.69) is 20.9 Å². The SMILES string of the molecule is Cl.Cl.NC1CCC(OC(=O)Nc2cc(CCCC(=O)NCc3ccc(CNC[C@H](O)c4ccc(O)c5[nH]c(=O)ccc45)cc3)ccc2-c2ccccc2)CC1. The van der Waals surface area contributed by atoms with Gasteiger partial charge in [0.05, 0.1) is 17.3 Å². The van der Waals surface area contributed by atoms with Gasteiger partial charge in [0.2, 0.25) is 11.5 Å². The molecule has 2 amide bonds. The molecule has 4 aromatic carbocycles. The van der Waals surface area contributed by atoms with Gasteiger partial charge in [-0.15, -0.1) is 24.8 Å². The number of phenols is 1. The predicted molar refractivity (Wildman–Crippen MR) is 221 cm³/mol. The lowest BCUT2D eigenvalue weighted by molar-refractivity contribution is -0.121. The molecule has 1 aliphatic rings. The number of amides is 2. The van der Waals surface area contributed by atoms with E-state index in [9.17, 15) is 24.6 Å². The van der Waals surface area contributed by atoms with Crippen molar-refractivity contribution in [2.75, 3.05) is 11.9 Å². The summed E-state index contributed by atoms with van der Waals surface area (Å²) in [5.41, 5.74) is 12.2. The fourth-order valence-electron chi connectivity index (χ4n) is 6.75. The summed E-state index contributed by atoms with van der Waals surface area (Å²) in [5, 5.41) is 30.7. The number of nitrogens with one attached hydrogen (secondary N) is 4. The molecule has 0 aliphatic heterocycles. The van der Waals surface area contributed by atoms with Crippen molar-refractivity contribution in [1.82, 2.24) is 15.6 Å². The number of H-pyrrole nitrogens is 1. The number of aromatic nitrogens is 1. The number of hydrogen-bond acceptors (Lipinski definition) is 8. The van der Waals surface area contributed by atoms with Crippen LogP contribution in [0.15, 0.2) is 102 Å². The average Bonchev–Trinajstić information content (AvgIpc) is 3.16. The van der Waals surface area contributed by atoms with Gasteiger partial charge in [0.15, 0.2) is 0 Å². The first-order valence-corrected chi connectivity index (χ1v) is 18.2. The number of benzene rings is 4. The van der Waals surface area contributed by atoms with Crippen LogP contribution in [0.5, 0.6) is 5.75 Å². The minimum Gasteiger partial charge on any atom is -0.506 e. The Balaban J connectivity index is 0.00000336. The summed E-state index contributed by atoms with van der Waals surface area (Å²) in [6.07, 6.45) is 3.48. The molecule has 0 saturated heterocycles. The van der Waals surface area contributed by atoms with E-state index in [-0.39, 0.29) is 60.7 Å². The number of aryl methyl sites for hydroxylation is 1. The Hall–Kier alpha value is -4.91. The highest BCUT2D eigenvalue weighted by Crippen LogP contribution is 2.31. The van der Waals surface area contributed by atoms with Crippen molar-refractivity contribution < 1.29 is 24.5 Å². The van der Waals surface area contributed by atoms with Gasteiger partial charge in [-0.25, -0.2) is 4.79 Å². The van der Waals surface area contributed by atoms with Gasteiger partial charge < -0.3 is 36.3 Å². The molecule has 6 rings (SSSR count). The number of carbonyl (C=O) groups excluding carboxylic acids is 2. The number of hydrogen-bond donors (Lipinski definition) is 7.